The quantitative estimate of drug-likeness (QED) is 0.0564. The van der Waals surface area contributed by atoms with Crippen LogP contribution < -0.4 is 0 Å². The van der Waals surface area contributed by atoms with Crippen LogP contribution >= 0.6 is 0 Å². The minimum absolute atomic E-state index is 0.0670. The van der Waals surface area contributed by atoms with Crippen LogP contribution in [0.2, 0.25) is 0 Å². The molecule has 0 spiro atoms. The van der Waals surface area contributed by atoms with Crippen LogP contribution in [0.3, 0.4) is 0 Å². The van der Waals surface area contributed by atoms with Gasteiger partial charge in [-0.3, -0.25) is 18.7 Å². The van der Waals surface area contributed by atoms with Gasteiger partial charge in [0.05, 0.1) is 161 Å². The van der Waals surface area contributed by atoms with Crippen LogP contribution in [0.4, 0.5) is 0 Å². The van der Waals surface area contributed by atoms with Gasteiger partial charge in [-0.05, 0) is 24.3 Å². The molecular weight excluding hydrogens is 718 g/mol. The lowest BCUT2D eigenvalue weighted by molar-refractivity contribution is -0.0268. The van der Waals surface area contributed by atoms with E-state index in [9.17, 15) is 18.0 Å². The summed E-state index contributed by atoms with van der Waals surface area (Å²) in [5, 5.41) is 0. The van der Waals surface area contributed by atoms with Crippen LogP contribution in [0.5, 0.6) is 0 Å². The molecule has 0 aromatic heterocycles. The highest BCUT2D eigenvalue weighted by molar-refractivity contribution is 7.86. The molecule has 2 aromatic carbocycles. The van der Waals surface area contributed by atoms with E-state index in [-0.39, 0.29) is 43.1 Å². The minimum Gasteiger partial charge on any atom is -0.377 e. The van der Waals surface area contributed by atoms with Gasteiger partial charge in [0.2, 0.25) is 0 Å². The average molecular weight is 772 g/mol. The predicted octanol–water partition coefficient (Wildman–Crippen LogP) is 1.85. The zero-order valence-corrected chi connectivity index (χ0v) is 31.0. The Labute approximate surface area is 311 Å². The summed E-state index contributed by atoms with van der Waals surface area (Å²) >= 11 is 0. The van der Waals surface area contributed by atoms with E-state index in [1.165, 1.54) is 17.0 Å². The Kier molecular flexibility index (Phi) is 23.9. The van der Waals surface area contributed by atoms with E-state index in [0.29, 0.717) is 130 Å². The van der Waals surface area contributed by atoms with Crippen molar-refractivity contribution >= 4 is 21.9 Å². The number of hydrogen-bond acceptors (Lipinski definition) is 15. The van der Waals surface area contributed by atoms with Crippen LogP contribution in [-0.4, -0.2) is 170 Å². The first kappa shape index (κ1) is 44.5. The second-order valence-corrected chi connectivity index (χ2v) is 12.6. The summed E-state index contributed by atoms with van der Waals surface area (Å²) in [6, 6.07) is 14.8. The van der Waals surface area contributed by atoms with Gasteiger partial charge in [-0.25, -0.2) is 0 Å². The van der Waals surface area contributed by atoms with Crippen LogP contribution in [0.1, 0.15) is 20.7 Å². The third kappa shape index (κ3) is 19.3. The number of carbonyl (C=O) groups excluding carboxylic acids is 2. The molecule has 0 saturated carbocycles. The molecule has 0 unspecified atom stereocenters. The van der Waals surface area contributed by atoms with E-state index < -0.39 is 10.1 Å². The molecule has 0 aliphatic carbocycles. The maximum Gasteiger partial charge on any atom is 0.297 e. The Bertz CT molecular complexity index is 1330. The van der Waals surface area contributed by atoms with Crippen molar-refractivity contribution in [3.05, 3.63) is 65.7 Å². The van der Waals surface area contributed by atoms with Crippen LogP contribution in [0.25, 0.3) is 0 Å². The summed E-state index contributed by atoms with van der Waals surface area (Å²) in [7, 11) is -3.77. The van der Waals surface area contributed by atoms with E-state index in [4.69, 9.17) is 51.6 Å². The predicted molar refractivity (Wildman–Crippen MR) is 190 cm³/mol. The number of carbonyl (C=O) groups is 2. The van der Waals surface area contributed by atoms with Crippen molar-refractivity contribution in [2.24, 2.45) is 0 Å². The van der Waals surface area contributed by atoms with Gasteiger partial charge >= 0.3 is 0 Å². The topological polar surface area (TPSA) is 173 Å². The Hall–Kier alpha value is -2.91. The van der Waals surface area contributed by atoms with Gasteiger partial charge in [-0.2, -0.15) is 8.42 Å². The molecule has 53 heavy (non-hydrogen) atoms. The van der Waals surface area contributed by atoms with Crippen molar-refractivity contribution in [2.75, 3.05) is 145 Å². The van der Waals surface area contributed by atoms with E-state index in [0.717, 1.165) is 0 Å². The fourth-order valence-electron chi connectivity index (χ4n) is 4.54. The molecule has 0 bridgehead atoms. The minimum atomic E-state index is -3.77. The summed E-state index contributed by atoms with van der Waals surface area (Å²) in [5.41, 5.74) is 0.870. The molecule has 1 aliphatic rings. The fraction of sp³-hybridized carbons (Fsp3) is 0.611. The number of nitrogens with zero attached hydrogens (tertiary/aromatic N) is 1. The normalized spacial score (nSPS) is 12.9. The van der Waals surface area contributed by atoms with E-state index in [1.807, 2.05) is 0 Å². The van der Waals surface area contributed by atoms with Crippen LogP contribution in [0.15, 0.2) is 59.5 Å². The maximum absolute atomic E-state index is 12.3. The first-order valence-electron chi connectivity index (χ1n) is 17.7. The van der Waals surface area contributed by atoms with Crippen molar-refractivity contribution in [2.45, 2.75) is 4.90 Å². The maximum atomic E-state index is 12.3. The Morgan fingerprint density at radius 3 is 1.00 bits per heavy atom. The Balaban J connectivity index is 0.927. The Morgan fingerprint density at radius 1 is 0.377 bits per heavy atom. The number of hydrogen-bond donors (Lipinski definition) is 0. The second-order valence-electron chi connectivity index (χ2n) is 11.0. The van der Waals surface area contributed by atoms with Crippen LogP contribution in [0, 0.1) is 0 Å². The molecule has 2 amide bonds. The lowest BCUT2D eigenvalue weighted by Gasteiger charge is -2.13. The molecular formula is C36H53NO15S. The first-order chi connectivity index (χ1) is 26.0. The van der Waals surface area contributed by atoms with Crippen LogP contribution in [-0.2, 0) is 61.7 Å². The molecule has 1 heterocycles. The van der Waals surface area contributed by atoms with Gasteiger partial charge in [0, 0.05) is 0 Å². The van der Waals surface area contributed by atoms with Crippen molar-refractivity contribution in [3.63, 3.8) is 0 Å². The summed E-state index contributed by atoms with van der Waals surface area (Å²) in [6.07, 6.45) is 0. The number of ether oxygens (including phenoxy) is 10. The van der Waals surface area contributed by atoms with E-state index in [2.05, 4.69) is 0 Å². The lowest BCUT2D eigenvalue weighted by atomic mass is 10.1. The second kappa shape index (κ2) is 28.5. The molecule has 0 radical (unpaired) electrons. The highest BCUT2D eigenvalue weighted by Crippen LogP contribution is 2.21. The molecule has 0 atom stereocenters. The van der Waals surface area contributed by atoms with Gasteiger partial charge in [0.1, 0.15) is 0 Å². The third-order valence-electron chi connectivity index (χ3n) is 7.18. The van der Waals surface area contributed by atoms with Gasteiger partial charge in [0.25, 0.3) is 21.9 Å². The van der Waals surface area contributed by atoms with Gasteiger partial charge < -0.3 is 47.4 Å². The molecule has 298 valence electrons. The van der Waals surface area contributed by atoms with Crippen molar-refractivity contribution in [1.82, 2.24) is 4.90 Å². The number of benzene rings is 2. The highest BCUT2D eigenvalue weighted by atomic mass is 32.2. The van der Waals surface area contributed by atoms with Gasteiger partial charge in [-0.15, -0.1) is 0 Å². The van der Waals surface area contributed by atoms with E-state index in [1.54, 1.807) is 42.5 Å². The summed E-state index contributed by atoms with van der Waals surface area (Å²) in [4.78, 5) is 25.9. The Morgan fingerprint density at radius 2 is 0.660 bits per heavy atom. The molecule has 3 rings (SSSR count). The number of fused-ring (bicyclic) bond motifs is 1. The lowest BCUT2D eigenvalue weighted by Crippen LogP contribution is -2.33. The zero-order chi connectivity index (χ0) is 37.7. The summed E-state index contributed by atoms with van der Waals surface area (Å²) in [5.74, 6) is -0.570. The smallest absolute Gasteiger partial charge is 0.297 e. The molecule has 0 N–H and O–H groups in total. The third-order valence-corrected chi connectivity index (χ3v) is 8.51. The zero-order valence-electron chi connectivity index (χ0n) is 30.2. The summed E-state index contributed by atoms with van der Waals surface area (Å²) in [6.45, 7) is 8.18. The number of amides is 2. The monoisotopic (exact) mass is 771 g/mol. The van der Waals surface area contributed by atoms with E-state index >= 15 is 0 Å². The van der Waals surface area contributed by atoms with Gasteiger partial charge in [-0.1, -0.05) is 30.3 Å². The SMILES string of the molecule is O=C1c2ccccc2C(=O)N1CCOCCOCCOCCOCCOCCOCCOCCOCCOCCOCCOS(=O)(=O)c1ccccc1. The highest BCUT2D eigenvalue weighted by Gasteiger charge is 2.34. The molecule has 0 saturated heterocycles. The number of rotatable bonds is 35. The molecule has 0 fully saturated rings. The molecule has 2 aromatic rings. The molecule has 17 heteroatoms. The van der Waals surface area contributed by atoms with Crippen molar-refractivity contribution < 1.29 is 69.6 Å². The first-order valence-corrected chi connectivity index (χ1v) is 19.1. The standard InChI is InChI=1S/C36H53NO15S/c38-35-33-8-4-5-9-34(33)36(39)37(35)10-11-42-12-13-43-14-15-44-16-17-45-18-19-46-20-21-47-22-23-48-24-25-49-26-27-50-28-29-51-30-31-52-53(40,41)32-6-2-1-3-7-32/h1-9H,10-31H2. The molecule has 1 aliphatic heterocycles. The summed E-state index contributed by atoms with van der Waals surface area (Å²) < 4.78 is 83.4. The largest absolute Gasteiger partial charge is 0.377 e. The van der Waals surface area contributed by atoms with Crippen molar-refractivity contribution in [3.8, 4) is 0 Å². The fourth-order valence-corrected chi connectivity index (χ4v) is 5.45. The van der Waals surface area contributed by atoms with Crippen molar-refractivity contribution in [1.29, 1.82) is 0 Å². The molecule has 16 nitrogen and oxygen atoms in total. The number of imide groups is 1. The average Bonchev–Trinajstić information content (AvgIpc) is 3.41. The van der Waals surface area contributed by atoms with Gasteiger partial charge in [0.15, 0.2) is 0 Å².